The molecule has 0 radical (unpaired) electrons. The van der Waals surface area contributed by atoms with Crippen LogP contribution in [-0.4, -0.2) is 39.2 Å². The lowest BCUT2D eigenvalue weighted by molar-refractivity contribution is 0.0706. The average Bonchev–Trinajstić information content (AvgIpc) is 2.77. The minimum absolute atomic E-state index is 0.00910. The van der Waals surface area contributed by atoms with E-state index in [9.17, 15) is 4.79 Å². The van der Waals surface area contributed by atoms with Gasteiger partial charge >= 0.3 is 0 Å². The summed E-state index contributed by atoms with van der Waals surface area (Å²) >= 11 is 0. The van der Waals surface area contributed by atoms with Gasteiger partial charge in [-0.15, -0.1) is 0 Å². The van der Waals surface area contributed by atoms with Gasteiger partial charge in [0.2, 0.25) is 0 Å². The van der Waals surface area contributed by atoms with Crippen molar-refractivity contribution in [3.8, 4) is 34.9 Å². The summed E-state index contributed by atoms with van der Waals surface area (Å²) in [5.41, 5.74) is 4.34. The van der Waals surface area contributed by atoms with Crippen molar-refractivity contribution in [2.45, 2.75) is 13.8 Å². The van der Waals surface area contributed by atoms with E-state index in [1.54, 1.807) is 48.8 Å². The van der Waals surface area contributed by atoms with Crippen LogP contribution < -0.4 is 5.48 Å². The first-order valence-electron chi connectivity index (χ1n) is 9.06. The van der Waals surface area contributed by atoms with Crippen molar-refractivity contribution in [1.82, 2.24) is 10.5 Å². The number of carbonyl (C=O) groups is 1. The Morgan fingerprint density at radius 1 is 1.30 bits per heavy atom. The molecule has 30 heavy (non-hydrogen) atoms. The van der Waals surface area contributed by atoms with Crippen LogP contribution >= 0.6 is 0 Å². The summed E-state index contributed by atoms with van der Waals surface area (Å²) in [5.74, 6) is 10.3. The van der Waals surface area contributed by atoms with Crippen LogP contribution in [0.15, 0.2) is 41.6 Å². The number of benzene rings is 1. The van der Waals surface area contributed by atoms with E-state index in [4.69, 9.17) is 15.5 Å². The fourth-order valence-electron chi connectivity index (χ4n) is 2.48. The highest BCUT2D eigenvalue weighted by molar-refractivity contribution is 6.04. The molecule has 7 nitrogen and oxygen atoms in total. The number of hydrogen-bond donors (Lipinski definition) is 4. The zero-order valence-electron chi connectivity index (χ0n) is 16.5. The molecule has 1 unspecified atom stereocenters. The number of hydroxylamine groups is 1. The number of aliphatic hydroxyl groups excluding tert-OH is 1. The number of nitrogens with one attached hydrogen (secondary N) is 1. The molecule has 2 aromatic rings. The van der Waals surface area contributed by atoms with Gasteiger partial charge in [0.1, 0.15) is 0 Å². The number of aliphatic hydroxyl groups is 1. The highest BCUT2D eigenvalue weighted by Crippen LogP contribution is 2.23. The number of hydrogen-bond acceptors (Lipinski definition) is 6. The lowest BCUT2D eigenvalue weighted by atomic mass is 10.0. The molecule has 4 N–H and O–H groups in total. The Morgan fingerprint density at radius 3 is 2.63 bits per heavy atom. The van der Waals surface area contributed by atoms with Gasteiger partial charge in [0.15, 0.2) is 0 Å². The fourth-order valence-corrected chi connectivity index (χ4v) is 2.48. The Morgan fingerprint density at radius 2 is 2.03 bits per heavy atom. The maximum absolute atomic E-state index is 12.1. The van der Waals surface area contributed by atoms with Gasteiger partial charge < -0.3 is 10.3 Å². The highest BCUT2D eigenvalue weighted by Gasteiger charge is 2.16. The first kappa shape index (κ1) is 22.4. The van der Waals surface area contributed by atoms with E-state index < -0.39 is 5.91 Å². The van der Waals surface area contributed by atoms with Crippen LogP contribution in [0.1, 0.15) is 41.0 Å². The van der Waals surface area contributed by atoms with E-state index in [1.807, 2.05) is 6.92 Å². The third kappa shape index (κ3) is 5.79. The second kappa shape index (κ2) is 11.2. The summed E-state index contributed by atoms with van der Waals surface area (Å²) in [4.78, 5) is 16.6. The van der Waals surface area contributed by atoms with Crippen LogP contribution in [0.4, 0.5) is 0 Å². The molecular weight excluding hydrogens is 382 g/mol. The van der Waals surface area contributed by atoms with Crippen LogP contribution in [0, 0.1) is 29.6 Å². The van der Waals surface area contributed by atoms with Gasteiger partial charge in [0.05, 0.1) is 29.8 Å². The van der Waals surface area contributed by atoms with Gasteiger partial charge in [0.25, 0.3) is 5.91 Å². The molecule has 1 aromatic carbocycles. The molecule has 0 spiro atoms. The monoisotopic (exact) mass is 403 g/mol. The Balaban J connectivity index is 2.46. The van der Waals surface area contributed by atoms with E-state index in [0.29, 0.717) is 11.4 Å². The van der Waals surface area contributed by atoms with E-state index in [-0.39, 0.29) is 23.7 Å². The molecular formula is C23H21N3O4. The molecule has 1 heterocycles. The first-order chi connectivity index (χ1) is 14.5. The van der Waals surface area contributed by atoms with E-state index in [1.165, 1.54) is 6.07 Å². The normalized spacial score (nSPS) is 11.5. The topological polar surface area (TPSA) is 115 Å². The van der Waals surface area contributed by atoms with Crippen molar-refractivity contribution < 1.29 is 20.3 Å². The molecule has 152 valence electrons. The molecule has 2 rings (SSSR count). The van der Waals surface area contributed by atoms with Gasteiger partial charge in [-0.1, -0.05) is 35.2 Å². The average molecular weight is 403 g/mol. The van der Waals surface area contributed by atoms with Gasteiger partial charge in [0, 0.05) is 22.6 Å². The van der Waals surface area contributed by atoms with Crippen molar-refractivity contribution >= 4 is 18.2 Å². The second-order valence-electron chi connectivity index (χ2n) is 6.22. The quantitative estimate of drug-likeness (QED) is 0.201. The minimum atomic E-state index is -0.752. The van der Waals surface area contributed by atoms with Crippen molar-refractivity contribution in [3.63, 3.8) is 0 Å². The van der Waals surface area contributed by atoms with Gasteiger partial charge in [-0.05, 0) is 50.0 Å². The summed E-state index contributed by atoms with van der Waals surface area (Å²) < 4.78 is 0. The van der Waals surface area contributed by atoms with Crippen LogP contribution in [0.25, 0.3) is 17.3 Å². The molecule has 1 aromatic heterocycles. The number of oxime groups is 1. The third-order valence-electron chi connectivity index (χ3n) is 3.99. The molecule has 0 saturated carbocycles. The SMILES string of the molecule is C/C=C\c1nc(-c2ccc(C#CC#CC(C)CO)cc2)cc(C(=O)NO)c1/C=N/O. The van der Waals surface area contributed by atoms with Crippen molar-refractivity contribution in [1.29, 1.82) is 0 Å². The molecule has 0 fully saturated rings. The summed E-state index contributed by atoms with van der Waals surface area (Å²) in [7, 11) is 0. The Labute approximate surface area is 174 Å². The third-order valence-corrected chi connectivity index (χ3v) is 3.99. The van der Waals surface area contributed by atoms with E-state index in [0.717, 1.165) is 17.3 Å². The lowest BCUT2D eigenvalue weighted by Crippen LogP contribution is -2.21. The smallest absolute Gasteiger partial charge is 0.275 e. The summed E-state index contributed by atoms with van der Waals surface area (Å²) in [6.45, 7) is 3.59. The number of amides is 1. The van der Waals surface area contributed by atoms with Crippen LogP contribution in [0.3, 0.4) is 0 Å². The molecule has 0 bridgehead atoms. The number of allylic oxidation sites excluding steroid dienone is 1. The van der Waals surface area contributed by atoms with Crippen LogP contribution in [0.5, 0.6) is 0 Å². The van der Waals surface area contributed by atoms with Gasteiger partial charge in [-0.25, -0.2) is 10.5 Å². The zero-order valence-corrected chi connectivity index (χ0v) is 16.5. The maximum Gasteiger partial charge on any atom is 0.275 e. The molecule has 0 aliphatic carbocycles. The minimum Gasteiger partial charge on any atom is -0.411 e. The first-order valence-corrected chi connectivity index (χ1v) is 9.06. The van der Waals surface area contributed by atoms with Gasteiger partial charge in [-0.3, -0.25) is 10.0 Å². The Hall–Kier alpha value is -3.91. The summed E-state index contributed by atoms with van der Waals surface area (Å²) in [6.07, 6.45) is 4.49. The standard InChI is InChI=1S/C23H21N3O4/c1-3-6-21-20(14-24-29)19(23(28)26-30)13-22(25-21)18-11-9-17(10-12-18)8-5-4-7-16(2)15-27/h3,6,9-14,16,27,29-30H,15H2,1-2H3,(H,26,28)/b6-3-,24-14+. The number of rotatable bonds is 5. The van der Waals surface area contributed by atoms with Crippen molar-refractivity contribution in [3.05, 3.63) is 58.8 Å². The second-order valence-corrected chi connectivity index (χ2v) is 6.22. The number of pyridine rings is 1. The molecule has 0 saturated heterocycles. The predicted molar refractivity (Wildman–Crippen MR) is 114 cm³/mol. The summed E-state index contributed by atoms with van der Waals surface area (Å²) in [6, 6.07) is 8.70. The molecule has 0 aliphatic heterocycles. The largest absolute Gasteiger partial charge is 0.411 e. The number of carbonyl (C=O) groups excluding carboxylic acids is 1. The van der Waals surface area contributed by atoms with E-state index >= 15 is 0 Å². The molecule has 1 atom stereocenters. The van der Waals surface area contributed by atoms with E-state index in [2.05, 4.69) is 33.8 Å². The lowest BCUT2D eigenvalue weighted by Gasteiger charge is -2.11. The maximum atomic E-state index is 12.1. The summed E-state index contributed by atoms with van der Waals surface area (Å²) in [5, 5.41) is 29.9. The molecule has 0 aliphatic rings. The fraction of sp³-hybridized carbons (Fsp3) is 0.174. The zero-order chi connectivity index (χ0) is 21.9. The number of aromatic nitrogens is 1. The van der Waals surface area contributed by atoms with Crippen LogP contribution in [-0.2, 0) is 0 Å². The molecule has 1 amide bonds. The highest BCUT2D eigenvalue weighted by atomic mass is 16.5. The van der Waals surface area contributed by atoms with Gasteiger partial charge in [-0.2, -0.15) is 0 Å². The predicted octanol–water partition coefficient (Wildman–Crippen LogP) is 2.69. The Kier molecular flexibility index (Phi) is 8.34. The van der Waals surface area contributed by atoms with Crippen molar-refractivity contribution in [2.75, 3.05) is 6.61 Å². The Bertz CT molecular complexity index is 1080. The number of nitrogens with zero attached hydrogens (tertiary/aromatic N) is 2. The van der Waals surface area contributed by atoms with Crippen LogP contribution in [0.2, 0.25) is 0 Å². The van der Waals surface area contributed by atoms with Crippen molar-refractivity contribution in [2.24, 2.45) is 11.1 Å². The molecule has 7 heteroatoms.